The maximum atomic E-state index is 12.4. The third kappa shape index (κ3) is 5.42. The van der Waals surface area contributed by atoms with Gasteiger partial charge in [-0.1, -0.05) is 0 Å². The van der Waals surface area contributed by atoms with Crippen molar-refractivity contribution in [1.82, 2.24) is 5.43 Å². The third-order valence-corrected chi connectivity index (χ3v) is 5.69. The Morgan fingerprint density at radius 3 is 2.30 bits per heavy atom. The van der Waals surface area contributed by atoms with Gasteiger partial charge in [0, 0.05) is 23.4 Å². The number of furan rings is 1. The summed E-state index contributed by atoms with van der Waals surface area (Å²) >= 11 is 2.00. The molecule has 1 amide bonds. The zero-order valence-corrected chi connectivity index (χ0v) is 18.0. The van der Waals surface area contributed by atoms with Crippen LogP contribution in [0.1, 0.15) is 16.1 Å². The van der Waals surface area contributed by atoms with E-state index in [-0.39, 0.29) is 21.8 Å². The fourth-order valence-corrected chi connectivity index (χ4v) is 3.76. The summed E-state index contributed by atoms with van der Waals surface area (Å²) in [6.45, 7) is 0. The lowest BCUT2D eigenvalue weighted by Crippen LogP contribution is -2.18. The number of nitro benzene ring substituents is 1. The fraction of sp³-hybridized carbons (Fsp3) is 0. The Morgan fingerprint density at radius 2 is 1.73 bits per heavy atom. The summed E-state index contributed by atoms with van der Waals surface area (Å²) in [5, 5.41) is 14.5. The van der Waals surface area contributed by atoms with Crippen molar-refractivity contribution >= 4 is 56.1 Å². The van der Waals surface area contributed by atoms with E-state index < -0.39 is 20.9 Å². The van der Waals surface area contributed by atoms with Crippen molar-refractivity contribution in [3.8, 4) is 0 Å². The lowest BCUT2D eigenvalue weighted by molar-refractivity contribution is -0.384. The molecule has 30 heavy (non-hydrogen) atoms. The summed E-state index contributed by atoms with van der Waals surface area (Å²) in [4.78, 5) is 22.0. The molecule has 10 nitrogen and oxygen atoms in total. The SMILES string of the molecule is O=C(NN=Cc1ccc(I)o1)c1ccc(NS(=O)(=O)c2ccc([N+](=O)[O-])cc2)cc1. The van der Waals surface area contributed by atoms with Gasteiger partial charge in [0.2, 0.25) is 0 Å². The molecular weight excluding hydrogens is 527 g/mol. The molecule has 0 saturated heterocycles. The summed E-state index contributed by atoms with van der Waals surface area (Å²) in [6.07, 6.45) is 1.35. The molecule has 3 rings (SSSR count). The van der Waals surface area contributed by atoms with Gasteiger partial charge in [0.05, 0.1) is 16.0 Å². The van der Waals surface area contributed by atoms with Gasteiger partial charge < -0.3 is 4.42 Å². The zero-order valence-electron chi connectivity index (χ0n) is 15.0. The molecule has 12 heteroatoms. The molecule has 1 heterocycles. The van der Waals surface area contributed by atoms with Crippen LogP contribution in [-0.2, 0) is 10.0 Å². The van der Waals surface area contributed by atoms with Crippen molar-refractivity contribution in [1.29, 1.82) is 0 Å². The van der Waals surface area contributed by atoms with Gasteiger partial charge in [0.1, 0.15) is 5.76 Å². The highest BCUT2D eigenvalue weighted by molar-refractivity contribution is 14.1. The van der Waals surface area contributed by atoms with E-state index in [0.717, 1.165) is 24.3 Å². The van der Waals surface area contributed by atoms with E-state index >= 15 is 0 Å². The highest BCUT2D eigenvalue weighted by atomic mass is 127. The van der Waals surface area contributed by atoms with Crippen LogP contribution < -0.4 is 10.1 Å². The highest BCUT2D eigenvalue weighted by Crippen LogP contribution is 2.19. The number of anilines is 1. The highest BCUT2D eigenvalue weighted by Gasteiger charge is 2.16. The van der Waals surface area contributed by atoms with E-state index in [4.69, 9.17) is 4.42 Å². The van der Waals surface area contributed by atoms with Crippen LogP contribution in [0.2, 0.25) is 0 Å². The average Bonchev–Trinajstić information content (AvgIpc) is 3.13. The number of nitrogens with one attached hydrogen (secondary N) is 2. The summed E-state index contributed by atoms with van der Waals surface area (Å²) < 4.78 is 33.1. The van der Waals surface area contributed by atoms with E-state index in [1.807, 2.05) is 22.6 Å². The maximum absolute atomic E-state index is 12.4. The molecule has 0 unspecified atom stereocenters. The predicted octanol–water partition coefficient (Wildman–Crippen LogP) is 3.36. The van der Waals surface area contributed by atoms with Crippen LogP contribution >= 0.6 is 22.6 Å². The smallest absolute Gasteiger partial charge is 0.271 e. The van der Waals surface area contributed by atoms with E-state index in [2.05, 4.69) is 15.2 Å². The molecule has 154 valence electrons. The summed E-state index contributed by atoms with van der Waals surface area (Å²) in [5.41, 5.74) is 2.61. The van der Waals surface area contributed by atoms with Gasteiger partial charge >= 0.3 is 0 Å². The molecule has 0 spiro atoms. The zero-order chi connectivity index (χ0) is 21.7. The minimum atomic E-state index is -3.94. The largest absolute Gasteiger partial charge is 0.449 e. The van der Waals surface area contributed by atoms with E-state index in [1.54, 1.807) is 12.1 Å². The topological polar surface area (TPSA) is 144 Å². The molecule has 0 saturated carbocycles. The van der Waals surface area contributed by atoms with Gasteiger partial charge in [-0.25, -0.2) is 13.8 Å². The number of halogens is 1. The number of hydrogen-bond donors (Lipinski definition) is 2. The molecule has 0 aliphatic heterocycles. The fourth-order valence-electron chi connectivity index (χ4n) is 2.27. The van der Waals surface area contributed by atoms with Crippen molar-refractivity contribution < 1.29 is 22.6 Å². The number of hydrogen-bond acceptors (Lipinski definition) is 7. The molecule has 1 aromatic heterocycles. The van der Waals surface area contributed by atoms with Gasteiger partial charge in [0.25, 0.3) is 21.6 Å². The Balaban J connectivity index is 1.63. The van der Waals surface area contributed by atoms with Gasteiger partial charge in [-0.2, -0.15) is 5.10 Å². The number of non-ortho nitro benzene ring substituents is 1. The van der Waals surface area contributed by atoms with E-state index in [9.17, 15) is 23.3 Å². The van der Waals surface area contributed by atoms with E-state index in [1.165, 1.54) is 30.5 Å². The third-order valence-electron chi connectivity index (χ3n) is 3.71. The average molecular weight is 540 g/mol. The second-order valence-electron chi connectivity index (χ2n) is 5.77. The Bertz CT molecular complexity index is 1200. The van der Waals surface area contributed by atoms with Crippen molar-refractivity contribution in [3.63, 3.8) is 0 Å². The number of nitro groups is 1. The second-order valence-corrected chi connectivity index (χ2v) is 8.52. The van der Waals surface area contributed by atoms with Crippen LogP contribution in [0, 0.1) is 13.9 Å². The van der Waals surface area contributed by atoms with Gasteiger partial charge in [-0.15, -0.1) is 0 Å². The summed E-state index contributed by atoms with van der Waals surface area (Å²) in [5.74, 6) is -0.00650. The lowest BCUT2D eigenvalue weighted by atomic mass is 10.2. The molecule has 0 atom stereocenters. The molecule has 2 N–H and O–H groups in total. The normalized spacial score (nSPS) is 11.4. The van der Waals surface area contributed by atoms with Crippen molar-refractivity contribution in [2.24, 2.45) is 5.10 Å². The number of sulfonamides is 1. The molecule has 0 bridgehead atoms. The molecular formula is C18H13IN4O6S. The Morgan fingerprint density at radius 1 is 1.07 bits per heavy atom. The van der Waals surface area contributed by atoms with Crippen molar-refractivity contribution in [2.45, 2.75) is 4.90 Å². The van der Waals surface area contributed by atoms with Crippen LogP contribution in [0.3, 0.4) is 0 Å². The molecule has 2 aromatic carbocycles. The monoisotopic (exact) mass is 540 g/mol. The summed E-state index contributed by atoms with van der Waals surface area (Å²) in [6, 6.07) is 13.6. The number of benzene rings is 2. The van der Waals surface area contributed by atoms with E-state index in [0.29, 0.717) is 9.53 Å². The molecule has 0 aliphatic carbocycles. The number of carbonyl (C=O) groups is 1. The summed E-state index contributed by atoms with van der Waals surface area (Å²) in [7, 11) is -3.94. The lowest BCUT2D eigenvalue weighted by Gasteiger charge is -2.08. The van der Waals surface area contributed by atoms with Crippen molar-refractivity contribution in [2.75, 3.05) is 4.72 Å². The minimum absolute atomic E-state index is 0.128. The minimum Gasteiger partial charge on any atom is -0.449 e. The van der Waals surface area contributed by atoms with Crippen LogP contribution in [-0.4, -0.2) is 25.5 Å². The molecule has 0 aliphatic rings. The van der Waals surface area contributed by atoms with Gasteiger partial charge in [0.15, 0.2) is 3.77 Å². The number of amides is 1. The predicted molar refractivity (Wildman–Crippen MR) is 117 cm³/mol. The molecule has 0 radical (unpaired) electrons. The first kappa shape index (κ1) is 21.4. The van der Waals surface area contributed by atoms with Gasteiger partial charge in [-0.3, -0.25) is 19.6 Å². The Hall–Kier alpha value is -3.26. The number of rotatable bonds is 7. The number of carbonyl (C=O) groups excluding carboxylic acids is 1. The van der Waals surface area contributed by atoms with Crippen LogP contribution in [0.15, 0.2) is 75.1 Å². The maximum Gasteiger partial charge on any atom is 0.271 e. The number of hydrazone groups is 1. The van der Waals surface area contributed by atoms with Crippen LogP contribution in [0.25, 0.3) is 0 Å². The van der Waals surface area contributed by atoms with Crippen molar-refractivity contribution in [3.05, 3.63) is 85.9 Å². The first-order valence-corrected chi connectivity index (χ1v) is 10.8. The molecule has 3 aromatic rings. The first-order valence-electron chi connectivity index (χ1n) is 8.21. The molecule has 0 fully saturated rings. The standard InChI is InChI=1S/C18H13IN4O6S/c19-17-10-7-15(29-17)11-20-21-18(24)12-1-3-13(4-2-12)22-30(27,28)16-8-5-14(6-9-16)23(25)26/h1-11,22H,(H,21,24). The van der Waals surface area contributed by atoms with Crippen LogP contribution in [0.4, 0.5) is 11.4 Å². The Kier molecular flexibility index (Phi) is 6.47. The first-order chi connectivity index (χ1) is 14.2. The quantitative estimate of drug-likeness (QED) is 0.204. The van der Waals surface area contributed by atoms with Gasteiger partial charge in [-0.05, 0) is 71.1 Å². The van der Waals surface area contributed by atoms with Crippen LogP contribution in [0.5, 0.6) is 0 Å². The number of nitrogens with zero attached hydrogens (tertiary/aromatic N) is 2. The second kappa shape index (κ2) is 9.04. The Labute approximate surface area is 184 Å².